The monoisotopic (exact) mass is 268 g/mol. The SMILES string of the molecule is Cn1nncc1CNc1ccccc1Cn1cccn1. The Morgan fingerprint density at radius 3 is 2.85 bits per heavy atom. The van der Waals surface area contributed by atoms with Crippen LogP contribution in [0.1, 0.15) is 11.3 Å². The van der Waals surface area contributed by atoms with Crippen LogP contribution in [0.5, 0.6) is 0 Å². The third-order valence-corrected chi connectivity index (χ3v) is 3.18. The summed E-state index contributed by atoms with van der Waals surface area (Å²) in [7, 11) is 1.89. The van der Waals surface area contributed by atoms with E-state index >= 15 is 0 Å². The largest absolute Gasteiger partial charge is 0.379 e. The summed E-state index contributed by atoms with van der Waals surface area (Å²) in [6.45, 7) is 1.44. The Kier molecular flexibility index (Phi) is 3.45. The van der Waals surface area contributed by atoms with Crippen LogP contribution >= 0.6 is 0 Å². The number of hydrogen-bond donors (Lipinski definition) is 1. The number of benzene rings is 1. The maximum Gasteiger partial charge on any atom is 0.0774 e. The maximum atomic E-state index is 4.24. The molecule has 0 aliphatic carbocycles. The van der Waals surface area contributed by atoms with Crippen LogP contribution < -0.4 is 5.32 Å². The summed E-state index contributed by atoms with van der Waals surface area (Å²) in [6, 6.07) is 10.2. The first-order chi connectivity index (χ1) is 9.83. The van der Waals surface area contributed by atoms with Gasteiger partial charge in [0.1, 0.15) is 0 Å². The summed E-state index contributed by atoms with van der Waals surface area (Å²) < 4.78 is 3.68. The fourth-order valence-electron chi connectivity index (χ4n) is 2.06. The van der Waals surface area contributed by atoms with Crippen LogP contribution in [-0.2, 0) is 20.1 Å². The van der Waals surface area contributed by atoms with Crippen molar-refractivity contribution >= 4 is 5.69 Å². The van der Waals surface area contributed by atoms with Gasteiger partial charge in [0.05, 0.1) is 25.0 Å². The van der Waals surface area contributed by atoms with Crippen LogP contribution in [-0.4, -0.2) is 24.8 Å². The zero-order valence-corrected chi connectivity index (χ0v) is 11.3. The average molecular weight is 268 g/mol. The third kappa shape index (κ3) is 2.69. The summed E-state index contributed by atoms with van der Waals surface area (Å²) in [5.74, 6) is 0. The van der Waals surface area contributed by atoms with E-state index in [1.807, 2.05) is 36.1 Å². The van der Waals surface area contributed by atoms with Gasteiger partial charge >= 0.3 is 0 Å². The molecule has 0 unspecified atom stereocenters. The molecule has 3 rings (SSSR count). The Hall–Kier alpha value is -2.63. The van der Waals surface area contributed by atoms with Crippen molar-refractivity contribution in [1.82, 2.24) is 24.8 Å². The predicted octanol–water partition coefficient (Wildman–Crippen LogP) is 1.67. The molecule has 0 spiro atoms. The molecule has 0 amide bonds. The molecule has 1 aromatic carbocycles. The van der Waals surface area contributed by atoms with E-state index < -0.39 is 0 Å². The second kappa shape index (κ2) is 5.56. The molecule has 2 heterocycles. The number of hydrogen-bond acceptors (Lipinski definition) is 4. The zero-order valence-electron chi connectivity index (χ0n) is 11.3. The van der Waals surface area contributed by atoms with Gasteiger partial charge in [-0.2, -0.15) is 5.10 Å². The van der Waals surface area contributed by atoms with E-state index in [0.717, 1.165) is 17.9 Å². The van der Waals surface area contributed by atoms with E-state index in [-0.39, 0.29) is 0 Å². The number of para-hydroxylation sites is 1. The van der Waals surface area contributed by atoms with Gasteiger partial charge in [0.25, 0.3) is 0 Å². The molecule has 0 bridgehead atoms. The summed E-state index contributed by atoms with van der Waals surface area (Å²) in [6.07, 6.45) is 5.52. The molecule has 0 radical (unpaired) electrons. The Labute approximate surface area is 117 Å². The fraction of sp³-hybridized carbons (Fsp3) is 0.214. The Morgan fingerprint density at radius 2 is 2.10 bits per heavy atom. The lowest BCUT2D eigenvalue weighted by atomic mass is 10.1. The van der Waals surface area contributed by atoms with Gasteiger partial charge < -0.3 is 5.32 Å². The van der Waals surface area contributed by atoms with Crippen LogP contribution in [0.4, 0.5) is 5.69 Å². The molecule has 0 atom stereocenters. The lowest BCUT2D eigenvalue weighted by Crippen LogP contribution is -2.08. The second-order valence-electron chi connectivity index (χ2n) is 4.56. The van der Waals surface area contributed by atoms with E-state index in [4.69, 9.17) is 0 Å². The van der Waals surface area contributed by atoms with Gasteiger partial charge in [0.15, 0.2) is 0 Å². The first kappa shape index (κ1) is 12.4. The first-order valence-electron chi connectivity index (χ1n) is 6.45. The molecule has 0 aliphatic rings. The van der Waals surface area contributed by atoms with Crippen molar-refractivity contribution in [2.24, 2.45) is 7.05 Å². The Balaban J connectivity index is 1.74. The van der Waals surface area contributed by atoms with E-state index in [1.54, 1.807) is 17.1 Å². The highest BCUT2D eigenvalue weighted by Gasteiger charge is 2.04. The smallest absolute Gasteiger partial charge is 0.0774 e. The lowest BCUT2D eigenvalue weighted by Gasteiger charge is -2.12. The molecule has 3 aromatic rings. The number of nitrogens with one attached hydrogen (secondary N) is 1. The zero-order chi connectivity index (χ0) is 13.8. The number of nitrogens with zero attached hydrogens (tertiary/aromatic N) is 5. The number of aryl methyl sites for hydroxylation is 1. The molecule has 20 heavy (non-hydrogen) atoms. The van der Waals surface area contributed by atoms with Crippen LogP contribution in [0.3, 0.4) is 0 Å². The molecule has 2 aromatic heterocycles. The van der Waals surface area contributed by atoms with E-state index in [0.29, 0.717) is 6.54 Å². The first-order valence-corrected chi connectivity index (χ1v) is 6.45. The van der Waals surface area contributed by atoms with Crippen LogP contribution in [0, 0.1) is 0 Å². The van der Waals surface area contributed by atoms with E-state index in [1.165, 1.54) is 5.56 Å². The standard InChI is InChI=1S/C14H16N6/c1-19-13(10-16-18-19)9-15-14-6-3-2-5-12(14)11-20-8-4-7-17-20/h2-8,10,15H,9,11H2,1H3. The van der Waals surface area contributed by atoms with Crippen LogP contribution in [0.2, 0.25) is 0 Å². The highest BCUT2D eigenvalue weighted by Crippen LogP contribution is 2.17. The number of rotatable bonds is 5. The van der Waals surface area contributed by atoms with Crippen molar-refractivity contribution in [2.75, 3.05) is 5.32 Å². The molecular weight excluding hydrogens is 252 g/mol. The Bertz CT molecular complexity index is 671. The normalized spacial score (nSPS) is 10.7. The third-order valence-electron chi connectivity index (χ3n) is 3.18. The Morgan fingerprint density at radius 1 is 1.20 bits per heavy atom. The van der Waals surface area contributed by atoms with Gasteiger partial charge in [-0.1, -0.05) is 23.4 Å². The molecule has 1 N–H and O–H groups in total. The lowest BCUT2D eigenvalue weighted by molar-refractivity contribution is 0.679. The summed E-state index contributed by atoms with van der Waals surface area (Å²) in [5.41, 5.74) is 3.34. The van der Waals surface area contributed by atoms with E-state index in [9.17, 15) is 0 Å². The van der Waals surface area contributed by atoms with Gasteiger partial charge in [-0.25, -0.2) is 0 Å². The second-order valence-corrected chi connectivity index (χ2v) is 4.56. The van der Waals surface area contributed by atoms with Crippen LogP contribution in [0.15, 0.2) is 48.9 Å². The molecule has 102 valence electrons. The molecule has 6 nitrogen and oxygen atoms in total. The fourth-order valence-corrected chi connectivity index (χ4v) is 2.06. The molecule has 0 fully saturated rings. The average Bonchev–Trinajstić information content (AvgIpc) is 3.10. The summed E-state index contributed by atoms with van der Waals surface area (Å²) in [4.78, 5) is 0. The summed E-state index contributed by atoms with van der Waals surface area (Å²) >= 11 is 0. The van der Waals surface area contributed by atoms with Crippen LogP contribution in [0.25, 0.3) is 0 Å². The molecule has 0 saturated heterocycles. The van der Waals surface area contributed by atoms with Gasteiger partial charge in [-0.05, 0) is 17.7 Å². The van der Waals surface area contributed by atoms with E-state index in [2.05, 4.69) is 32.9 Å². The van der Waals surface area contributed by atoms with Gasteiger partial charge in [0, 0.05) is 25.1 Å². The van der Waals surface area contributed by atoms with Crippen molar-refractivity contribution < 1.29 is 0 Å². The van der Waals surface area contributed by atoms with Crippen molar-refractivity contribution in [1.29, 1.82) is 0 Å². The minimum Gasteiger partial charge on any atom is -0.379 e. The number of anilines is 1. The highest BCUT2D eigenvalue weighted by atomic mass is 15.4. The van der Waals surface area contributed by atoms with Gasteiger partial charge in [-0.3, -0.25) is 9.36 Å². The number of aromatic nitrogens is 5. The van der Waals surface area contributed by atoms with Gasteiger partial charge in [-0.15, -0.1) is 5.10 Å². The quantitative estimate of drug-likeness (QED) is 0.764. The topological polar surface area (TPSA) is 60.6 Å². The highest BCUT2D eigenvalue weighted by molar-refractivity contribution is 5.51. The maximum absolute atomic E-state index is 4.24. The molecule has 0 saturated carbocycles. The molecule has 6 heteroatoms. The molecule has 0 aliphatic heterocycles. The summed E-state index contributed by atoms with van der Waals surface area (Å²) in [5, 5.41) is 15.5. The minimum atomic E-state index is 0.694. The van der Waals surface area contributed by atoms with Gasteiger partial charge in [0.2, 0.25) is 0 Å². The van der Waals surface area contributed by atoms with Crippen molar-refractivity contribution in [2.45, 2.75) is 13.1 Å². The van der Waals surface area contributed by atoms with Crippen molar-refractivity contribution in [3.63, 3.8) is 0 Å². The predicted molar refractivity (Wildman–Crippen MR) is 76.1 cm³/mol. The minimum absolute atomic E-state index is 0.694. The van der Waals surface area contributed by atoms with Crippen molar-refractivity contribution in [3.8, 4) is 0 Å². The molecular formula is C14H16N6. The van der Waals surface area contributed by atoms with Crippen molar-refractivity contribution in [3.05, 3.63) is 60.2 Å².